The van der Waals surface area contributed by atoms with Crippen LogP contribution >= 0.6 is 0 Å². The third-order valence-corrected chi connectivity index (χ3v) is 6.07. The van der Waals surface area contributed by atoms with Crippen molar-refractivity contribution in [2.24, 2.45) is 17.8 Å². The molecule has 1 aliphatic heterocycles. The van der Waals surface area contributed by atoms with Crippen LogP contribution in [0.4, 0.5) is 0 Å². The van der Waals surface area contributed by atoms with Crippen LogP contribution in [-0.4, -0.2) is 52.8 Å². The summed E-state index contributed by atoms with van der Waals surface area (Å²) >= 11 is 0. The Bertz CT molecular complexity index is 661. The van der Waals surface area contributed by atoms with Crippen molar-refractivity contribution in [3.63, 3.8) is 0 Å². The van der Waals surface area contributed by atoms with Gasteiger partial charge in [-0.3, -0.25) is 4.79 Å². The molecule has 2 aliphatic rings. The number of benzene rings is 1. The average molecular weight is 405 g/mol. The Hall–Kier alpha value is -1.89. The largest absolute Gasteiger partial charge is 0.491 e. The SMILES string of the molecule is O=C(O)CCCC1CC[C@@H]2[C@@H](C=C[C@@H](O)COc3ccccc3)[C@H](O)C[C@H]2OC1. The first-order chi connectivity index (χ1) is 14.0. The van der Waals surface area contributed by atoms with Gasteiger partial charge in [0.1, 0.15) is 18.5 Å². The number of hydrogen-bond donors (Lipinski definition) is 3. The zero-order valence-corrected chi connectivity index (χ0v) is 16.7. The van der Waals surface area contributed by atoms with Crippen molar-refractivity contribution in [3.8, 4) is 5.75 Å². The minimum absolute atomic E-state index is 0.0295. The first-order valence-corrected chi connectivity index (χ1v) is 10.6. The molecule has 1 saturated carbocycles. The van der Waals surface area contributed by atoms with Crippen LogP contribution in [0.15, 0.2) is 42.5 Å². The summed E-state index contributed by atoms with van der Waals surface area (Å²) in [5.74, 6) is 0.537. The highest BCUT2D eigenvalue weighted by Crippen LogP contribution is 2.42. The van der Waals surface area contributed by atoms with Crippen molar-refractivity contribution in [1.29, 1.82) is 0 Å². The maximum Gasteiger partial charge on any atom is 0.303 e. The molecule has 0 aromatic heterocycles. The second-order valence-electron chi connectivity index (χ2n) is 8.22. The van der Waals surface area contributed by atoms with Crippen LogP contribution in [0.3, 0.4) is 0 Å². The topological polar surface area (TPSA) is 96.2 Å². The molecule has 1 aliphatic carbocycles. The first-order valence-electron chi connectivity index (χ1n) is 10.6. The van der Waals surface area contributed by atoms with Crippen LogP contribution in [-0.2, 0) is 9.53 Å². The van der Waals surface area contributed by atoms with Gasteiger partial charge in [-0.1, -0.05) is 30.4 Å². The monoisotopic (exact) mass is 404 g/mol. The van der Waals surface area contributed by atoms with E-state index in [2.05, 4.69) is 0 Å². The number of carboxylic acids is 1. The summed E-state index contributed by atoms with van der Waals surface area (Å²) in [4.78, 5) is 10.7. The van der Waals surface area contributed by atoms with E-state index < -0.39 is 18.2 Å². The van der Waals surface area contributed by atoms with Gasteiger partial charge in [0.2, 0.25) is 0 Å². The smallest absolute Gasteiger partial charge is 0.303 e. The van der Waals surface area contributed by atoms with Crippen molar-refractivity contribution >= 4 is 5.97 Å². The fourth-order valence-corrected chi connectivity index (χ4v) is 4.50. The van der Waals surface area contributed by atoms with Gasteiger partial charge in [0, 0.05) is 25.4 Å². The van der Waals surface area contributed by atoms with E-state index in [1.807, 2.05) is 36.4 Å². The maximum absolute atomic E-state index is 10.7. The molecule has 29 heavy (non-hydrogen) atoms. The quantitative estimate of drug-likeness (QED) is 0.548. The van der Waals surface area contributed by atoms with E-state index in [9.17, 15) is 15.0 Å². The molecule has 3 N–H and O–H groups in total. The molecule has 0 bridgehead atoms. The molecule has 0 radical (unpaired) electrons. The summed E-state index contributed by atoms with van der Waals surface area (Å²) in [5, 5.41) is 29.5. The summed E-state index contributed by atoms with van der Waals surface area (Å²) in [6.45, 7) is 0.803. The molecule has 6 atom stereocenters. The summed E-state index contributed by atoms with van der Waals surface area (Å²) in [7, 11) is 0. The van der Waals surface area contributed by atoms with Gasteiger partial charge in [-0.05, 0) is 49.7 Å². The molecule has 0 spiro atoms. The number of hydrogen-bond acceptors (Lipinski definition) is 5. The minimum atomic E-state index is -0.750. The fourth-order valence-electron chi connectivity index (χ4n) is 4.50. The zero-order chi connectivity index (χ0) is 20.6. The van der Waals surface area contributed by atoms with Crippen molar-refractivity contribution in [2.75, 3.05) is 13.2 Å². The van der Waals surface area contributed by atoms with Gasteiger partial charge in [-0.2, -0.15) is 0 Å². The zero-order valence-electron chi connectivity index (χ0n) is 16.7. The Kier molecular flexibility index (Phi) is 8.09. The average Bonchev–Trinajstić information content (AvgIpc) is 2.87. The van der Waals surface area contributed by atoms with Gasteiger partial charge < -0.3 is 24.8 Å². The molecule has 3 rings (SSSR count). The third kappa shape index (κ3) is 6.56. The van der Waals surface area contributed by atoms with Gasteiger partial charge in [0.05, 0.1) is 12.2 Å². The molecule has 1 aromatic rings. The number of aliphatic carboxylic acids is 1. The summed E-state index contributed by atoms with van der Waals surface area (Å²) in [6, 6.07) is 9.36. The van der Waals surface area contributed by atoms with Crippen LogP contribution in [0.25, 0.3) is 0 Å². The van der Waals surface area contributed by atoms with Crippen molar-refractivity contribution in [1.82, 2.24) is 0 Å². The predicted octanol–water partition coefficient (Wildman–Crippen LogP) is 3.03. The molecule has 1 heterocycles. The third-order valence-electron chi connectivity index (χ3n) is 6.07. The highest BCUT2D eigenvalue weighted by molar-refractivity contribution is 5.66. The second-order valence-corrected chi connectivity index (χ2v) is 8.22. The number of ether oxygens (including phenoxy) is 2. The normalized spacial score (nSPS) is 30.6. The Morgan fingerprint density at radius 3 is 2.83 bits per heavy atom. The molecule has 160 valence electrons. The van der Waals surface area contributed by atoms with Crippen LogP contribution in [0.1, 0.15) is 38.5 Å². The first kappa shape index (κ1) is 21.8. The van der Waals surface area contributed by atoms with Gasteiger partial charge in [-0.15, -0.1) is 0 Å². The van der Waals surface area contributed by atoms with Crippen molar-refractivity contribution in [3.05, 3.63) is 42.5 Å². The standard InChI is InChI=1S/C23H32O6/c24-17(15-28-18-6-2-1-3-7-18)10-12-19-20-11-9-16(5-4-8-23(26)27)14-29-22(20)13-21(19)25/h1-3,6-7,10,12,16-17,19-22,24-25H,4-5,8-9,11,13-15H2,(H,26,27)/t16?,17-,19-,20-,21-,22-/m1/s1. The fraction of sp³-hybridized carbons (Fsp3) is 0.609. The molecule has 2 fully saturated rings. The lowest BCUT2D eigenvalue weighted by Crippen LogP contribution is -2.22. The van der Waals surface area contributed by atoms with Crippen LogP contribution < -0.4 is 4.74 Å². The molecule has 6 heteroatoms. The highest BCUT2D eigenvalue weighted by atomic mass is 16.5. The van der Waals surface area contributed by atoms with E-state index >= 15 is 0 Å². The van der Waals surface area contributed by atoms with Gasteiger partial charge >= 0.3 is 5.97 Å². The Morgan fingerprint density at radius 2 is 2.07 bits per heavy atom. The van der Waals surface area contributed by atoms with Gasteiger partial charge in [0.15, 0.2) is 0 Å². The van der Waals surface area contributed by atoms with Crippen LogP contribution in [0.5, 0.6) is 5.75 Å². The number of aliphatic hydroxyl groups excluding tert-OH is 2. The number of carbonyl (C=O) groups is 1. The number of rotatable bonds is 9. The van der Waals surface area contributed by atoms with E-state index in [4.69, 9.17) is 14.6 Å². The molecular formula is C23H32O6. The van der Waals surface area contributed by atoms with Crippen molar-refractivity contribution < 1.29 is 29.6 Å². The lowest BCUT2D eigenvalue weighted by Gasteiger charge is -2.21. The summed E-state index contributed by atoms with van der Waals surface area (Å²) in [6.07, 6.45) is 6.75. The lowest BCUT2D eigenvalue weighted by atomic mass is 9.86. The molecule has 1 aromatic carbocycles. The minimum Gasteiger partial charge on any atom is -0.491 e. The number of fused-ring (bicyclic) bond motifs is 1. The predicted molar refractivity (Wildman–Crippen MR) is 109 cm³/mol. The molecular weight excluding hydrogens is 372 g/mol. The maximum atomic E-state index is 10.7. The number of para-hydroxylation sites is 1. The Labute approximate surface area is 172 Å². The van der Waals surface area contributed by atoms with Crippen LogP contribution in [0, 0.1) is 17.8 Å². The van der Waals surface area contributed by atoms with Gasteiger partial charge in [0.25, 0.3) is 0 Å². The van der Waals surface area contributed by atoms with E-state index in [0.29, 0.717) is 31.1 Å². The molecule has 6 nitrogen and oxygen atoms in total. The van der Waals surface area contributed by atoms with E-state index in [1.165, 1.54) is 0 Å². The molecule has 0 amide bonds. The van der Waals surface area contributed by atoms with E-state index in [1.54, 1.807) is 6.08 Å². The summed E-state index contributed by atoms with van der Waals surface area (Å²) in [5.41, 5.74) is 0. The van der Waals surface area contributed by atoms with Gasteiger partial charge in [-0.25, -0.2) is 0 Å². The van der Waals surface area contributed by atoms with Crippen LogP contribution in [0.2, 0.25) is 0 Å². The van der Waals surface area contributed by atoms with E-state index in [-0.39, 0.29) is 31.0 Å². The molecule has 1 unspecified atom stereocenters. The van der Waals surface area contributed by atoms with E-state index in [0.717, 1.165) is 19.3 Å². The number of aliphatic hydroxyl groups is 2. The Balaban J connectivity index is 1.49. The summed E-state index contributed by atoms with van der Waals surface area (Å²) < 4.78 is 11.7. The van der Waals surface area contributed by atoms with Crippen molar-refractivity contribution in [2.45, 2.75) is 56.8 Å². The number of carboxylic acid groups (broad SMARTS) is 1. The molecule has 1 saturated heterocycles. The Morgan fingerprint density at radius 1 is 1.28 bits per heavy atom. The lowest BCUT2D eigenvalue weighted by molar-refractivity contribution is -0.137. The highest BCUT2D eigenvalue weighted by Gasteiger charge is 2.43. The second kappa shape index (κ2) is 10.8.